The molecule has 2 aromatic rings. The molecule has 0 bridgehead atoms. The summed E-state index contributed by atoms with van der Waals surface area (Å²) in [6.07, 6.45) is 4.50. The Kier molecular flexibility index (Phi) is 5.06. The molecular weight excluding hydrogens is 360 g/mol. The third-order valence-corrected chi connectivity index (χ3v) is 6.51. The maximum Gasteiger partial charge on any atom is 0.255 e. The van der Waals surface area contributed by atoms with Gasteiger partial charge in [0, 0.05) is 70.5 Å². The molecule has 1 unspecified atom stereocenters. The van der Waals surface area contributed by atoms with Crippen molar-refractivity contribution >= 4 is 23.2 Å². The summed E-state index contributed by atoms with van der Waals surface area (Å²) in [6.45, 7) is 7.26. The Balaban J connectivity index is 1.56. The van der Waals surface area contributed by atoms with Gasteiger partial charge in [-0.1, -0.05) is 0 Å². The van der Waals surface area contributed by atoms with Crippen molar-refractivity contribution in [1.29, 1.82) is 0 Å². The Hall–Kier alpha value is -2.12. The number of nitrogens with one attached hydrogen (secondary N) is 1. The normalized spacial score (nSPS) is 23.7. The number of carbonyl (C=O) groups excluding carboxylic acids is 2. The highest BCUT2D eigenvalue weighted by atomic mass is 32.1. The molecule has 0 saturated carbocycles. The third kappa shape index (κ3) is 3.94. The summed E-state index contributed by atoms with van der Waals surface area (Å²) >= 11 is 1.72. The molecule has 2 aliphatic heterocycles. The van der Waals surface area contributed by atoms with Crippen LogP contribution in [0, 0.1) is 5.41 Å². The van der Waals surface area contributed by atoms with E-state index in [0.717, 1.165) is 45.7 Å². The van der Waals surface area contributed by atoms with Crippen molar-refractivity contribution in [3.8, 4) is 0 Å². The van der Waals surface area contributed by atoms with Crippen molar-refractivity contribution in [2.45, 2.75) is 19.9 Å². The summed E-state index contributed by atoms with van der Waals surface area (Å²) < 4.78 is 0. The number of aromatic nitrogens is 1. The fraction of sp³-hybridized carbons (Fsp3) is 0.500. The van der Waals surface area contributed by atoms with Gasteiger partial charge in [0.15, 0.2) is 0 Å². The van der Waals surface area contributed by atoms with Crippen LogP contribution < -0.4 is 0 Å². The molecule has 2 saturated heterocycles. The van der Waals surface area contributed by atoms with Gasteiger partial charge in [0.25, 0.3) is 5.91 Å². The van der Waals surface area contributed by atoms with Crippen LogP contribution >= 0.6 is 11.3 Å². The molecule has 27 heavy (non-hydrogen) atoms. The molecule has 2 aromatic heterocycles. The Morgan fingerprint density at radius 1 is 1.15 bits per heavy atom. The average Bonchev–Trinajstić information content (AvgIpc) is 3.37. The number of nitrogens with zero attached hydrogens (tertiary/aromatic N) is 3. The SMILES string of the molecule is CC(=O)N1CCC2(CN(Cc3ccsc3)CCN(C(=O)c3cc[nH]c3)C2)C1. The summed E-state index contributed by atoms with van der Waals surface area (Å²) in [5.74, 6) is 0.207. The van der Waals surface area contributed by atoms with Gasteiger partial charge in [0.1, 0.15) is 0 Å². The summed E-state index contributed by atoms with van der Waals surface area (Å²) in [4.78, 5) is 34.3. The van der Waals surface area contributed by atoms with Gasteiger partial charge in [-0.25, -0.2) is 0 Å². The van der Waals surface area contributed by atoms with Crippen LogP contribution in [0.3, 0.4) is 0 Å². The zero-order chi connectivity index (χ0) is 18.9. The van der Waals surface area contributed by atoms with Crippen LogP contribution in [-0.4, -0.2) is 70.8 Å². The number of likely N-dealkylation sites (tertiary alicyclic amines) is 1. The van der Waals surface area contributed by atoms with E-state index in [1.165, 1.54) is 5.56 Å². The van der Waals surface area contributed by atoms with Gasteiger partial charge in [-0.05, 0) is 34.9 Å². The third-order valence-electron chi connectivity index (χ3n) is 5.77. The quantitative estimate of drug-likeness (QED) is 0.880. The van der Waals surface area contributed by atoms with Crippen molar-refractivity contribution < 1.29 is 9.59 Å². The van der Waals surface area contributed by atoms with E-state index in [0.29, 0.717) is 12.1 Å². The van der Waals surface area contributed by atoms with Gasteiger partial charge >= 0.3 is 0 Å². The Labute approximate surface area is 163 Å². The van der Waals surface area contributed by atoms with E-state index in [4.69, 9.17) is 0 Å². The van der Waals surface area contributed by atoms with E-state index in [2.05, 4.69) is 26.7 Å². The highest BCUT2D eigenvalue weighted by Gasteiger charge is 2.44. The Bertz CT molecular complexity index is 789. The van der Waals surface area contributed by atoms with Crippen LogP contribution in [0.4, 0.5) is 0 Å². The van der Waals surface area contributed by atoms with Crippen molar-refractivity contribution in [1.82, 2.24) is 19.7 Å². The first kappa shape index (κ1) is 18.3. The van der Waals surface area contributed by atoms with Crippen molar-refractivity contribution in [3.05, 3.63) is 46.4 Å². The topological polar surface area (TPSA) is 59.7 Å². The van der Waals surface area contributed by atoms with Gasteiger partial charge in [0.2, 0.25) is 5.91 Å². The molecule has 1 atom stereocenters. The van der Waals surface area contributed by atoms with Crippen LogP contribution in [0.1, 0.15) is 29.3 Å². The lowest BCUT2D eigenvalue weighted by atomic mass is 9.86. The first-order chi connectivity index (χ1) is 13.0. The zero-order valence-electron chi connectivity index (χ0n) is 15.7. The summed E-state index contributed by atoms with van der Waals surface area (Å²) in [5, 5.41) is 4.30. The number of hydrogen-bond acceptors (Lipinski definition) is 4. The van der Waals surface area contributed by atoms with E-state index in [9.17, 15) is 9.59 Å². The molecule has 0 radical (unpaired) electrons. The maximum absolute atomic E-state index is 13.0. The van der Waals surface area contributed by atoms with Gasteiger partial charge in [-0.2, -0.15) is 11.3 Å². The van der Waals surface area contributed by atoms with E-state index in [-0.39, 0.29) is 17.2 Å². The summed E-state index contributed by atoms with van der Waals surface area (Å²) in [7, 11) is 0. The van der Waals surface area contributed by atoms with Crippen LogP contribution in [0.5, 0.6) is 0 Å². The van der Waals surface area contributed by atoms with Crippen LogP contribution in [0.25, 0.3) is 0 Å². The number of carbonyl (C=O) groups is 2. The molecule has 2 aliphatic rings. The van der Waals surface area contributed by atoms with Crippen molar-refractivity contribution in [3.63, 3.8) is 0 Å². The summed E-state index contributed by atoms with van der Waals surface area (Å²) in [6, 6.07) is 4.00. The predicted molar refractivity (Wildman–Crippen MR) is 106 cm³/mol. The standard InChI is InChI=1S/C20H26N4O2S/c1-16(25)23-6-4-20(14-23)13-22(11-17-3-9-27-12-17)7-8-24(15-20)19(26)18-2-5-21-10-18/h2-3,5,9-10,12,21H,4,6-8,11,13-15H2,1H3. The fourth-order valence-corrected chi connectivity index (χ4v) is 5.06. The minimum Gasteiger partial charge on any atom is -0.367 e. The number of aromatic amines is 1. The number of hydrogen-bond donors (Lipinski definition) is 1. The molecule has 1 spiro atoms. The van der Waals surface area contributed by atoms with Crippen LogP contribution in [0.2, 0.25) is 0 Å². The first-order valence-corrected chi connectivity index (χ1v) is 10.4. The highest BCUT2D eigenvalue weighted by molar-refractivity contribution is 7.07. The molecule has 0 aromatic carbocycles. The minimum atomic E-state index is -0.0514. The molecule has 144 valence electrons. The smallest absolute Gasteiger partial charge is 0.255 e. The minimum absolute atomic E-state index is 0.0514. The Morgan fingerprint density at radius 2 is 2.00 bits per heavy atom. The van der Waals surface area contributed by atoms with E-state index >= 15 is 0 Å². The number of H-pyrrole nitrogens is 1. The van der Waals surface area contributed by atoms with Crippen molar-refractivity contribution in [2.24, 2.45) is 5.41 Å². The van der Waals surface area contributed by atoms with E-state index in [1.807, 2.05) is 15.9 Å². The second-order valence-electron chi connectivity index (χ2n) is 7.86. The largest absolute Gasteiger partial charge is 0.367 e. The zero-order valence-corrected chi connectivity index (χ0v) is 16.5. The van der Waals surface area contributed by atoms with Crippen molar-refractivity contribution in [2.75, 3.05) is 39.3 Å². The lowest BCUT2D eigenvalue weighted by molar-refractivity contribution is -0.128. The molecule has 0 aliphatic carbocycles. The monoisotopic (exact) mass is 386 g/mol. The van der Waals surface area contributed by atoms with Crippen LogP contribution in [0.15, 0.2) is 35.3 Å². The molecular formula is C20H26N4O2S. The van der Waals surface area contributed by atoms with E-state index in [1.54, 1.807) is 30.7 Å². The first-order valence-electron chi connectivity index (χ1n) is 9.46. The summed E-state index contributed by atoms with van der Waals surface area (Å²) in [5.41, 5.74) is 1.98. The molecule has 1 N–H and O–H groups in total. The second kappa shape index (κ2) is 7.48. The molecule has 2 fully saturated rings. The van der Waals surface area contributed by atoms with E-state index < -0.39 is 0 Å². The molecule has 6 nitrogen and oxygen atoms in total. The lowest BCUT2D eigenvalue weighted by Crippen LogP contribution is -2.44. The number of amides is 2. The lowest BCUT2D eigenvalue weighted by Gasteiger charge is -2.34. The van der Waals surface area contributed by atoms with Crippen LogP contribution in [-0.2, 0) is 11.3 Å². The fourth-order valence-electron chi connectivity index (χ4n) is 4.40. The number of rotatable bonds is 3. The molecule has 7 heteroatoms. The second-order valence-corrected chi connectivity index (χ2v) is 8.64. The van der Waals surface area contributed by atoms with Gasteiger partial charge < -0.3 is 14.8 Å². The average molecular weight is 387 g/mol. The predicted octanol–water partition coefficient (Wildman–Crippen LogP) is 2.27. The maximum atomic E-state index is 13.0. The number of thiophene rings is 1. The van der Waals surface area contributed by atoms with Gasteiger partial charge in [-0.3, -0.25) is 14.5 Å². The highest BCUT2D eigenvalue weighted by Crippen LogP contribution is 2.35. The van der Waals surface area contributed by atoms with Gasteiger partial charge in [0.05, 0.1) is 5.56 Å². The van der Waals surface area contributed by atoms with Gasteiger partial charge in [-0.15, -0.1) is 0 Å². The molecule has 4 rings (SSSR count). The molecule has 4 heterocycles. The molecule has 2 amide bonds. The Morgan fingerprint density at radius 3 is 2.67 bits per heavy atom.